The molecule has 0 aliphatic carbocycles. The Morgan fingerprint density at radius 3 is 2.58 bits per heavy atom. The lowest BCUT2D eigenvalue weighted by atomic mass is 10.1. The van der Waals surface area contributed by atoms with Crippen molar-refractivity contribution in [1.82, 2.24) is 9.97 Å². The van der Waals surface area contributed by atoms with E-state index in [0.29, 0.717) is 23.3 Å². The first kappa shape index (κ1) is 13.5. The van der Waals surface area contributed by atoms with Crippen LogP contribution in [0.4, 0.5) is 11.5 Å². The van der Waals surface area contributed by atoms with Gasteiger partial charge >= 0.3 is 0 Å². The summed E-state index contributed by atoms with van der Waals surface area (Å²) in [5.41, 5.74) is 7.39. The van der Waals surface area contributed by atoms with Gasteiger partial charge in [0.1, 0.15) is 4.60 Å². The van der Waals surface area contributed by atoms with Gasteiger partial charge in [0.05, 0.1) is 12.4 Å². The first-order valence-electron chi connectivity index (χ1n) is 5.75. The highest BCUT2D eigenvalue weighted by Crippen LogP contribution is 2.09. The second kappa shape index (κ2) is 6.29. The Morgan fingerprint density at radius 1 is 1.21 bits per heavy atom. The van der Waals surface area contributed by atoms with E-state index in [1.54, 1.807) is 0 Å². The van der Waals surface area contributed by atoms with Gasteiger partial charge in [0, 0.05) is 12.1 Å². The van der Waals surface area contributed by atoms with Crippen molar-refractivity contribution in [2.75, 3.05) is 11.1 Å². The number of carbonyl (C=O) groups is 1. The Labute approximate surface area is 119 Å². The second-order valence-electron chi connectivity index (χ2n) is 4.01. The Balaban J connectivity index is 1.84. The highest BCUT2D eigenvalue weighted by molar-refractivity contribution is 9.10. The van der Waals surface area contributed by atoms with E-state index in [1.165, 1.54) is 12.4 Å². The van der Waals surface area contributed by atoms with E-state index in [9.17, 15) is 4.79 Å². The first-order valence-corrected chi connectivity index (χ1v) is 6.54. The van der Waals surface area contributed by atoms with E-state index < -0.39 is 0 Å². The summed E-state index contributed by atoms with van der Waals surface area (Å²) in [7, 11) is 0. The van der Waals surface area contributed by atoms with Crippen molar-refractivity contribution in [1.29, 1.82) is 0 Å². The number of aryl methyl sites for hydroxylation is 1. The van der Waals surface area contributed by atoms with E-state index in [4.69, 9.17) is 5.73 Å². The molecule has 0 radical (unpaired) electrons. The van der Waals surface area contributed by atoms with Crippen molar-refractivity contribution in [2.24, 2.45) is 0 Å². The van der Waals surface area contributed by atoms with Crippen molar-refractivity contribution in [3.63, 3.8) is 0 Å². The van der Waals surface area contributed by atoms with Crippen LogP contribution in [0.2, 0.25) is 0 Å². The first-order chi connectivity index (χ1) is 9.13. The maximum atomic E-state index is 11.7. The number of nitrogens with two attached hydrogens (primary N) is 1. The van der Waals surface area contributed by atoms with Gasteiger partial charge in [-0.25, -0.2) is 9.97 Å². The van der Waals surface area contributed by atoms with Gasteiger partial charge in [-0.1, -0.05) is 12.1 Å². The van der Waals surface area contributed by atoms with Gasteiger partial charge in [0.15, 0.2) is 5.82 Å². The number of amides is 1. The van der Waals surface area contributed by atoms with Crippen LogP contribution in [0.25, 0.3) is 0 Å². The summed E-state index contributed by atoms with van der Waals surface area (Å²) in [5, 5.41) is 2.69. The van der Waals surface area contributed by atoms with Crippen LogP contribution < -0.4 is 11.1 Å². The third kappa shape index (κ3) is 4.33. The van der Waals surface area contributed by atoms with Crippen LogP contribution in [0, 0.1) is 0 Å². The van der Waals surface area contributed by atoms with Crippen LogP contribution >= 0.6 is 15.9 Å². The number of benzene rings is 1. The molecule has 0 saturated carbocycles. The van der Waals surface area contributed by atoms with Gasteiger partial charge in [-0.05, 0) is 40.0 Å². The summed E-state index contributed by atoms with van der Waals surface area (Å²) in [6, 6.07) is 7.49. The molecule has 0 spiro atoms. The number of carbonyl (C=O) groups excluding carboxylic acids is 1. The normalized spacial score (nSPS) is 10.2. The molecule has 0 saturated heterocycles. The quantitative estimate of drug-likeness (QED) is 0.847. The number of hydrogen-bond acceptors (Lipinski definition) is 4. The highest BCUT2D eigenvalue weighted by atomic mass is 79.9. The van der Waals surface area contributed by atoms with Crippen LogP contribution in [0.5, 0.6) is 0 Å². The molecule has 1 amide bonds. The highest BCUT2D eigenvalue weighted by Gasteiger charge is 2.04. The number of rotatable bonds is 4. The third-order valence-electron chi connectivity index (χ3n) is 2.51. The lowest BCUT2D eigenvalue weighted by Gasteiger charge is -2.04. The molecule has 2 rings (SSSR count). The average molecular weight is 321 g/mol. The molecule has 0 atom stereocenters. The number of nitrogens with one attached hydrogen (secondary N) is 1. The van der Waals surface area contributed by atoms with E-state index in [1.807, 2.05) is 24.3 Å². The van der Waals surface area contributed by atoms with E-state index >= 15 is 0 Å². The number of aromatic nitrogens is 2. The van der Waals surface area contributed by atoms with Gasteiger partial charge in [0.2, 0.25) is 5.91 Å². The second-order valence-corrected chi connectivity index (χ2v) is 4.83. The molecule has 6 heteroatoms. The minimum atomic E-state index is -0.0894. The Kier molecular flexibility index (Phi) is 4.46. The largest absolute Gasteiger partial charge is 0.399 e. The zero-order valence-electron chi connectivity index (χ0n) is 10.1. The molecule has 0 unspecified atom stereocenters. The molecule has 2 aromatic rings. The monoisotopic (exact) mass is 320 g/mol. The average Bonchev–Trinajstić information content (AvgIpc) is 2.41. The van der Waals surface area contributed by atoms with Crippen LogP contribution in [0.3, 0.4) is 0 Å². The van der Waals surface area contributed by atoms with Crippen molar-refractivity contribution < 1.29 is 4.79 Å². The predicted octanol–water partition coefficient (Wildman–Crippen LogP) is 2.39. The van der Waals surface area contributed by atoms with Gasteiger partial charge in [0.25, 0.3) is 0 Å². The number of nitrogen functional groups attached to an aromatic ring is 1. The molecule has 98 valence electrons. The fraction of sp³-hybridized carbons (Fsp3) is 0.154. The zero-order chi connectivity index (χ0) is 13.7. The van der Waals surface area contributed by atoms with E-state index in [-0.39, 0.29) is 5.91 Å². The van der Waals surface area contributed by atoms with Crippen LogP contribution in [0.15, 0.2) is 41.3 Å². The van der Waals surface area contributed by atoms with Crippen molar-refractivity contribution in [3.05, 3.63) is 46.8 Å². The summed E-state index contributed by atoms with van der Waals surface area (Å²) in [6.45, 7) is 0. The molecule has 0 fully saturated rings. The Morgan fingerprint density at radius 2 is 1.95 bits per heavy atom. The molecule has 1 aromatic carbocycles. The Hall–Kier alpha value is -1.95. The number of nitrogens with zero attached hydrogens (tertiary/aromatic N) is 2. The van der Waals surface area contributed by atoms with Crippen LogP contribution in [-0.2, 0) is 11.2 Å². The van der Waals surface area contributed by atoms with Crippen molar-refractivity contribution in [3.8, 4) is 0 Å². The molecule has 19 heavy (non-hydrogen) atoms. The van der Waals surface area contributed by atoms with Crippen LogP contribution in [0.1, 0.15) is 12.0 Å². The van der Waals surface area contributed by atoms with Crippen molar-refractivity contribution >= 4 is 33.3 Å². The number of halogens is 1. The van der Waals surface area contributed by atoms with Gasteiger partial charge in [-0.2, -0.15) is 0 Å². The number of hydrogen-bond donors (Lipinski definition) is 2. The molecule has 0 aliphatic heterocycles. The SMILES string of the molecule is Nc1ccc(CCC(=O)Nc2cnc(Br)cn2)cc1. The summed E-state index contributed by atoms with van der Waals surface area (Å²) in [5.74, 6) is 0.360. The fourth-order valence-electron chi connectivity index (χ4n) is 1.52. The van der Waals surface area contributed by atoms with E-state index in [2.05, 4.69) is 31.2 Å². The van der Waals surface area contributed by atoms with Gasteiger partial charge < -0.3 is 11.1 Å². The predicted molar refractivity (Wildman–Crippen MR) is 77.5 cm³/mol. The molecule has 0 aliphatic rings. The topological polar surface area (TPSA) is 80.9 Å². The summed E-state index contributed by atoms with van der Waals surface area (Å²) in [6.07, 6.45) is 4.10. The summed E-state index contributed by atoms with van der Waals surface area (Å²) >= 11 is 3.18. The minimum absolute atomic E-state index is 0.0894. The third-order valence-corrected chi connectivity index (χ3v) is 2.92. The lowest BCUT2D eigenvalue weighted by molar-refractivity contribution is -0.116. The maximum absolute atomic E-state index is 11.7. The molecule has 0 bridgehead atoms. The van der Waals surface area contributed by atoms with E-state index in [0.717, 1.165) is 11.3 Å². The molecular formula is C13H13BrN4O. The smallest absolute Gasteiger partial charge is 0.225 e. The zero-order valence-corrected chi connectivity index (χ0v) is 11.7. The summed E-state index contributed by atoms with van der Waals surface area (Å²) in [4.78, 5) is 19.7. The molecular weight excluding hydrogens is 308 g/mol. The van der Waals surface area contributed by atoms with Gasteiger partial charge in [-0.15, -0.1) is 0 Å². The van der Waals surface area contributed by atoms with Crippen molar-refractivity contribution in [2.45, 2.75) is 12.8 Å². The molecule has 3 N–H and O–H groups in total. The van der Waals surface area contributed by atoms with Gasteiger partial charge in [-0.3, -0.25) is 4.79 Å². The maximum Gasteiger partial charge on any atom is 0.225 e. The Bertz CT molecular complexity index is 554. The number of anilines is 2. The fourth-order valence-corrected chi connectivity index (χ4v) is 1.73. The standard InChI is InChI=1S/C13H13BrN4O/c14-11-7-17-12(8-16-11)18-13(19)6-3-9-1-4-10(15)5-2-9/h1-2,4-5,7-8H,3,6,15H2,(H,17,18,19). The lowest BCUT2D eigenvalue weighted by Crippen LogP contribution is -2.13. The van der Waals surface area contributed by atoms with Crippen LogP contribution in [-0.4, -0.2) is 15.9 Å². The summed E-state index contributed by atoms with van der Waals surface area (Å²) < 4.78 is 0.632. The molecule has 1 heterocycles. The molecule has 1 aromatic heterocycles. The minimum Gasteiger partial charge on any atom is -0.399 e. The molecule has 5 nitrogen and oxygen atoms in total.